The van der Waals surface area contributed by atoms with Crippen molar-refractivity contribution in [3.05, 3.63) is 0 Å². The summed E-state index contributed by atoms with van der Waals surface area (Å²) in [6, 6.07) is 0.675. The number of aliphatic hydroxyl groups excluding tert-OH is 1. The van der Waals surface area contributed by atoms with Gasteiger partial charge in [0.15, 0.2) is 0 Å². The van der Waals surface area contributed by atoms with Crippen molar-refractivity contribution in [2.24, 2.45) is 5.92 Å². The fraction of sp³-hybridized carbons (Fsp3) is 1.00. The highest BCUT2D eigenvalue weighted by atomic mass is 16.3. The van der Waals surface area contributed by atoms with Gasteiger partial charge in [-0.3, -0.25) is 4.90 Å². The van der Waals surface area contributed by atoms with Gasteiger partial charge in [-0.2, -0.15) is 0 Å². The van der Waals surface area contributed by atoms with Crippen LogP contribution in [0.2, 0.25) is 0 Å². The van der Waals surface area contributed by atoms with Crippen LogP contribution in [0.4, 0.5) is 0 Å². The molecule has 0 aromatic heterocycles. The van der Waals surface area contributed by atoms with Crippen LogP contribution in [0.1, 0.15) is 33.6 Å². The third-order valence-electron chi connectivity index (χ3n) is 2.54. The molecule has 1 aliphatic heterocycles. The average molecular weight is 202 g/mol. The Bertz CT molecular complexity index is 130. The molecule has 0 bridgehead atoms. The van der Waals surface area contributed by atoms with E-state index < -0.39 is 0 Å². The normalized spacial score (nSPS) is 26.1. The van der Waals surface area contributed by atoms with Gasteiger partial charge in [0.05, 0.1) is 6.73 Å². The van der Waals surface area contributed by atoms with E-state index in [1.807, 2.05) is 25.8 Å². The number of nitrogens with zero attached hydrogens (tertiary/aromatic N) is 1. The van der Waals surface area contributed by atoms with Crippen LogP contribution >= 0.6 is 0 Å². The molecule has 0 radical (unpaired) electrons. The molecule has 14 heavy (non-hydrogen) atoms. The molecular formula is C11H26N2O. The third kappa shape index (κ3) is 5.58. The van der Waals surface area contributed by atoms with Crippen LogP contribution in [0.25, 0.3) is 0 Å². The average Bonchev–Trinajstić information content (AvgIpc) is 2.64. The fourth-order valence-corrected chi connectivity index (χ4v) is 1.69. The van der Waals surface area contributed by atoms with Gasteiger partial charge < -0.3 is 10.4 Å². The predicted molar refractivity (Wildman–Crippen MR) is 61.3 cm³/mol. The molecule has 3 heteroatoms. The van der Waals surface area contributed by atoms with Crippen molar-refractivity contribution in [2.45, 2.75) is 39.7 Å². The fourth-order valence-electron chi connectivity index (χ4n) is 1.69. The van der Waals surface area contributed by atoms with Crippen LogP contribution in [0.5, 0.6) is 0 Å². The molecule has 1 saturated heterocycles. The molecule has 2 unspecified atom stereocenters. The Labute approximate surface area is 88.5 Å². The lowest BCUT2D eigenvalue weighted by Crippen LogP contribution is -2.28. The standard InChI is InChI=1S/C9H20N2O.C2H6/c1-8-5-9(10-6-8)3-4-11(2)7-12;1-2/h8-10,12H,3-7H2,1-2H3;1-2H3. The maximum absolute atomic E-state index is 8.77. The molecular weight excluding hydrogens is 176 g/mol. The molecule has 1 rings (SSSR count). The van der Waals surface area contributed by atoms with Crippen molar-refractivity contribution < 1.29 is 5.11 Å². The minimum Gasteiger partial charge on any atom is -0.381 e. The van der Waals surface area contributed by atoms with Gasteiger partial charge in [-0.1, -0.05) is 20.8 Å². The van der Waals surface area contributed by atoms with Crippen LogP contribution in [0.15, 0.2) is 0 Å². The lowest BCUT2D eigenvalue weighted by molar-refractivity contribution is 0.129. The van der Waals surface area contributed by atoms with Crippen LogP contribution in [-0.2, 0) is 0 Å². The number of hydrogen-bond donors (Lipinski definition) is 2. The number of aliphatic hydroxyl groups is 1. The second-order valence-corrected chi connectivity index (χ2v) is 3.96. The van der Waals surface area contributed by atoms with Gasteiger partial charge in [-0.15, -0.1) is 0 Å². The maximum atomic E-state index is 8.77. The highest BCUT2D eigenvalue weighted by Gasteiger charge is 2.19. The smallest absolute Gasteiger partial charge is 0.0954 e. The summed E-state index contributed by atoms with van der Waals surface area (Å²) >= 11 is 0. The first-order valence-electron chi connectivity index (χ1n) is 5.75. The van der Waals surface area contributed by atoms with Crippen molar-refractivity contribution in [2.75, 3.05) is 26.9 Å². The molecule has 0 saturated carbocycles. The molecule has 2 atom stereocenters. The molecule has 3 nitrogen and oxygen atoms in total. The monoisotopic (exact) mass is 202 g/mol. The van der Waals surface area contributed by atoms with E-state index in [0.29, 0.717) is 6.04 Å². The topological polar surface area (TPSA) is 35.5 Å². The zero-order chi connectivity index (χ0) is 11.0. The third-order valence-corrected chi connectivity index (χ3v) is 2.54. The van der Waals surface area contributed by atoms with E-state index in [1.54, 1.807) is 0 Å². The summed E-state index contributed by atoms with van der Waals surface area (Å²) in [7, 11) is 1.94. The Morgan fingerprint density at radius 3 is 2.50 bits per heavy atom. The Hall–Kier alpha value is -0.120. The molecule has 1 aliphatic rings. The Morgan fingerprint density at radius 2 is 2.07 bits per heavy atom. The highest BCUT2D eigenvalue weighted by molar-refractivity contribution is 4.79. The largest absolute Gasteiger partial charge is 0.381 e. The molecule has 2 N–H and O–H groups in total. The van der Waals surface area contributed by atoms with Crippen LogP contribution in [-0.4, -0.2) is 42.9 Å². The quantitative estimate of drug-likeness (QED) is 0.674. The molecule has 1 heterocycles. The Balaban J connectivity index is 0.000000791. The first-order chi connectivity index (χ1) is 6.72. The first-order valence-corrected chi connectivity index (χ1v) is 5.75. The molecule has 0 aromatic rings. The minimum atomic E-state index is 0.169. The molecule has 0 amide bonds. The van der Waals surface area contributed by atoms with E-state index in [9.17, 15) is 0 Å². The van der Waals surface area contributed by atoms with E-state index in [2.05, 4.69) is 12.2 Å². The van der Waals surface area contributed by atoms with Gasteiger partial charge in [0, 0.05) is 12.6 Å². The summed E-state index contributed by atoms with van der Waals surface area (Å²) in [6.45, 7) is 8.60. The van der Waals surface area contributed by atoms with Crippen LogP contribution in [0, 0.1) is 5.92 Å². The number of hydrogen-bond acceptors (Lipinski definition) is 3. The van der Waals surface area contributed by atoms with Crippen molar-refractivity contribution in [3.63, 3.8) is 0 Å². The van der Waals surface area contributed by atoms with Crippen molar-refractivity contribution in [3.8, 4) is 0 Å². The lowest BCUT2D eigenvalue weighted by Gasteiger charge is -2.16. The Kier molecular flexibility index (Phi) is 8.14. The molecule has 86 valence electrons. The number of rotatable bonds is 4. The Morgan fingerprint density at radius 1 is 1.43 bits per heavy atom. The van der Waals surface area contributed by atoms with Crippen molar-refractivity contribution in [1.29, 1.82) is 0 Å². The lowest BCUT2D eigenvalue weighted by atomic mass is 10.1. The van der Waals surface area contributed by atoms with E-state index in [1.165, 1.54) is 6.42 Å². The second-order valence-electron chi connectivity index (χ2n) is 3.96. The summed E-state index contributed by atoms with van der Waals surface area (Å²) < 4.78 is 0. The van der Waals surface area contributed by atoms with Gasteiger partial charge in [0.1, 0.15) is 0 Å². The number of nitrogens with one attached hydrogen (secondary N) is 1. The second kappa shape index (κ2) is 8.21. The van der Waals surface area contributed by atoms with Gasteiger partial charge in [0.25, 0.3) is 0 Å². The molecule has 0 spiro atoms. The highest BCUT2D eigenvalue weighted by Crippen LogP contribution is 2.15. The van der Waals surface area contributed by atoms with Crippen molar-refractivity contribution in [1.82, 2.24) is 10.2 Å². The van der Waals surface area contributed by atoms with Gasteiger partial charge in [0.2, 0.25) is 0 Å². The van der Waals surface area contributed by atoms with Gasteiger partial charge in [-0.05, 0) is 32.4 Å². The maximum Gasteiger partial charge on any atom is 0.0954 e. The minimum absolute atomic E-state index is 0.169. The van der Waals surface area contributed by atoms with Gasteiger partial charge in [-0.25, -0.2) is 0 Å². The summed E-state index contributed by atoms with van der Waals surface area (Å²) in [5.74, 6) is 0.828. The van der Waals surface area contributed by atoms with E-state index in [4.69, 9.17) is 5.11 Å². The van der Waals surface area contributed by atoms with Crippen molar-refractivity contribution >= 4 is 0 Å². The van der Waals surface area contributed by atoms with Crippen LogP contribution in [0.3, 0.4) is 0 Å². The van der Waals surface area contributed by atoms with E-state index in [-0.39, 0.29) is 6.73 Å². The summed E-state index contributed by atoms with van der Waals surface area (Å²) in [5, 5.41) is 12.2. The van der Waals surface area contributed by atoms with E-state index >= 15 is 0 Å². The summed E-state index contributed by atoms with van der Waals surface area (Å²) in [5.41, 5.74) is 0. The summed E-state index contributed by atoms with van der Waals surface area (Å²) in [4.78, 5) is 1.94. The molecule has 0 aromatic carbocycles. The first kappa shape index (κ1) is 13.9. The van der Waals surface area contributed by atoms with E-state index in [0.717, 1.165) is 25.4 Å². The van der Waals surface area contributed by atoms with Crippen LogP contribution < -0.4 is 5.32 Å². The summed E-state index contributed by atoms with van der Waals surface area (Å²) in [6.07, 6.45) is 2.45. The SMILES string of the molecule is CC.CC1CNC(CCN(C)CO)C1. The molecule has 0 aliphatic carbocycles. The van der Waals surface area contributed by atoms with Gasteiger partial charge >= 0.3 is 0 Å². The zero-order valence-electron chi connectivity index (χ0n) is 10.1. The zero-order valence-corrected chi connectivity index (χ0v) is 10.1. The molecule has 1 fully saturated rings. The predicted octanol–water partition coefficient (Wildman–Crippen LogP) is 1.28.